The lowest BCUT2D eigenvalue weighted by molar-refractivity contribution is -0.130. The minimum atomic E-state index is 0.0206. The number of aromatic amines is 1. The molecule has 5 rings (SSSR count). The first kappa shape index (κ1) is 21.4. The molecule has 172 valence electrons. The molecule has 0 spiro atoms. The number of amides is 1. The Bertz CT molecular complexity index is 1020. The summed E-state index contributed by atoms with van der Waals surface area (Å²) in [6.45, 7) is 5.70. The van der Waals surface area contributed by atoms with Crippen LogP contribution in [-0.4, -0.2) is 61.1 Å². The van der Waals surface area contributed by atoms with Crippen LogP contribution in [0.15, 0.2) is 17.1 Å². The number of aromatic nitrogens is 4. The fourth-order valence-electron chi connectivity index (χ4n) is 5.63. The number of hydrogen-bond acceptors (Lipinski definition) is 5. The molecule has 32 heavy (non-hydrogen) atoms. The average molecular weight is 439 g/mol. The van der Waals surface area contributed by atoms with Crippen LogP contribution in [0.5, 0.6) is 0 Å². The van der Waals surface area contributed by atoms with Gasteiger partial charge in [-0.15, -0.1) is 0 Å². The quantitative estimate of drug-likeness (QED) is 0.774. The van der Waals surface area contributed by atoms with E-state index in [9.17, 15) is 9.59 Å². The van der Waals surface area contributed by atoms with E-state index in [1.807, 2.05) is 22.6 Å². The molecule has 2 aromatic heterocycles. The Labute approximate surface area is 189 Å². The van der Waals surface area contributed by atoms with Crippen molar-refractivity contribution in [2.45, 2.75) is 83.3 Å². The van der Waals surface area contributed by atoms with E-state index in [-0.39, 0.29) is 17.4 Å². The van der Waals surface area contributed by atoms with Crippen molar-refractivity contribution in [1.29, 1.82) is 0 Å². The number of hydrogen-bond donors (Lipinski definition) is 1. The van der Waals surface area contributed by atoms with Crippen molar-refractivity contribution in [3.8, 4) is 0 Å². The SMILES string of the molecule is Cc1ccnn1CCC(=O)N1CC[C@H](c2nc3c(c(=O)[nH]2)CCN(C2CCCCC2)C3)C1. The summed E-state index contributed by atoms with van der Waals surface area (Å²) in [5, 5.41) is 4.26. The maximum absolute atomic E-state index is 12.8. The van der Waals surface area contributed by atoms with Gasteiger partial charge < -0.3 is 9.88 Å². The van der Waals surface area contributed by atoms with Gasteiger partial charge in [0.05, 0.1) is 5.69 Å². The Balaban J connectivity index is 1.24. The highest BCUT2D eigenvalue weighted by atomic mass is 16.2. The molecule has 0 unspecified atom stereocenters. The third-order valence-electron chi connectivity index (χ3n) is 7.61. The minimum absolute atomic E-state index is 0.0206. The van der Waals surface area contributed by atoms with E-state index in [1.54, 1.807) is 6.20 Å². The van der Waals surface area contributed by atoms with Crippen LogP contribution in [-0.2, 0) is 24.3 Å². The van der Waals surface area contributed by atoms with Gasteiger partial charge in [-0.1, -0.05) is 19.3 Å². The molecule has 0 bridgehead atoms. The summed E-state index contributed by atoms with van der Waals surface area (Å²) in [5.74, 6) is 1.01. The highest BCUT2D eigenvalue weighted by molar-refractivity contribution is 5.76. The molecule has 1 atom stereocenters. The van der Waals surface area contributed by atoms with Crippen molar-refractivity contribution in [2.24, 2.45) is 0 Å². The zero-order valence-electron chi connectivity index (χ0n) is 19.1. The van der Waals surface area contributed by atoms with Gasteiger partial charge in [-0.3, -0.25) is 19.2 Å². The Morgan fingerprint density at radius 1 is 1.19 bits per heavy atom. The van der Waals surface area contributed by atoms with Crippen LogP contribution in [0.3, 0.4) is 0 Å². The Kier molecular flexibility index (Phi) is 6.13. The first-order valence-corrected chi connectivity index (χ1v) is 12.2. The molecule has 1 saturated heterocycles. The Morgan fingerprint density at radius 3 is 2.81 bits per heavy atom. The highest BCUT2D eigenvalue weighted by Gasteiger charge is 2.31. The predicted molar refractivity (Wildman–Crippen MR) is 121 cm³/mol. The van der Waals surface area contributed by atoms with E-state index in [4.69, 9.17) is 4.98 Å². The summed E-state index contributed by atoms with van der Waals surface area (Å²) in [6.07, 6.45) is 10.4. The summed E-state index contributed by atoms with van der Waals surface area (Å²) >= 11 is 0. The fraction of sp³-hybridized carbons (Fsp3) is 0.667. The third-order valence-corrected chi connectivity index (χ3v) is 7.61. The van der Waals surface area contributed by atoms with E-state index < -0.39 is 0 Å². The maximum atomic E-state index is 12.8. The number of carbonyl (C=O) groups excluding carboxylic acids is 1. The zero-order valence-corrected chi connectivity index (χ0v) is 19.1. The molecule has 8 heteroatoms. The first-order chi connectivity index (χ1) is 15.6. The zero-order chi connectivity index (χ0) is 22.1. The fourth-order valence-corrected chi connectivity index (χ4v) is 5.63. The standard InChI is InChI=1S/C24H34N6O2/c1-17-7-11-25-30(17)14-10-22(31)29-12-8-18(15-29)23-26-21-16-28(19-5-3-2-4-6-19)13-9-20(21)24(32)27-23/h7,11,18-19H,2-6,8-10,12-16H2,1H3,(H,26,27,32)/t18-/m0/s1. The minimum Gasteiger partial charge on any atom is -0.342 e. The molecule has 4 heterocycles. The van der Waals surface area contributed by atoms with Gasteiger partial charge in [0.1, 0.15) is 5.82 Å². The van der Waals surface area contributed by atoms with Gasteiger partial charge in [0.2, 0.25) is 5.91 Å². The van der Waals surface area contributed by atoms with E-state index in [1.165, 1.54) is 32.1 Å². The number of H-pyrrole nitrogens is 1. The number of fused-ring (bicyclic) bond motifs is 1. The second kappa shape index (κ2) is 9.17. The lowest BCUT2D eigenvalue weighted by Crippen LogP contribution is -2.42. The van der Waals surface area contributed by atoms with Crippen LogP contribution in [0.4, 0.5) is 0 Å². The number of nitrogens with one attached hydrogen (secondary N) is 1. The topological polar surface area (TPSA) is 87.1 Å². The number of nitrogens with zero attached hydrogens (tertiary/aromatic N) is 5. The molecule has 2 aromatic rings. The van der Waals surface area contributed by atoms with Crippen molar-refractivity contribution < 1.29 is 4.79 Å². The largest absolute Gasteiger partial charge is 0.342 e. The smallest absolute Gasteiger partial charge is 0.254 e. The molecule has 1 aliphatic carbocycles. The molecule has 8 nitrogen and oxygen atoms in total. The third kappa shape index (κ3) is 4.37. The molecular formula is C24H34N6O2. The molecule has 2 aliphatic heterocycles. The molecular weight excluding hydrogens is 404 g/mol. The van der Waals surface area contributed by atoms with Crippen LogP contribution in [0.1, 0.15) is 73.6 Å². The summed E-state index contributed by atoms with van der Waals surface area (Å²) in [6, 6.07) is 2.59. The van der Waals surface area contributed by atoms with Crippen molar-refractivity contribution in [3.63, 3.8) is 0 Å². The van der Waals surface area contributed by atoms with Crippen LogP contribution in [0.25, 0.3) is 0 Å². The van der Waals surface area contributed by atoms with Gasteiger partial charge >= 0.3 is 0 Å². The molecule has 1 N–H and O–H groups in total. The number of carbonyl (C=O) groups is 1. The van der Waals surface area contributed by atoms with Crippen molar-refractivity contribution >= 4 is 5.91 Å². The second-order valence-electron chi connectivity index (χ2n) is 9.66. The predicted octanol–water partition coefficient (Wildman–Crippen LogP) is 2.37. The van der Waals surface area contributed by atoms with Crippen LogP contribution < -0.4 is 5.56 Å². The van der Waals surface area contributed by atoms with E-state index in [0.717, 1.165) is 55.3 Å². The molecule has 0 radical (unpaired) electrons. The van der Waals surface area contributed by atoms with Gasteiger partial charge in [-0.2, -0.15) is 5.10 Å². The molecule has 1 saturated carbocycles. The summed E-state index contributed by atoms with van der Waals surface area (Å²) in [5.41, 5.74) is 2.91. The maximum Gasteiger partial charge on any atom is 0.254 e. The molecule has 1 amide bonds. The molecule has 2 fully saturated rings. The monoisotopic (exact) mass is 438 g/mol. The van der Waals surface area contributed by atoms with Gasteiger partial charge in [0.15, 0.2) is 0 Å². The van der Waals surface area contributed by atoms with E-state index >= 15 is 0 Å². The van der Waals surface area contributed by atoms with E-state index in [2.05, 4.69) is 15.0 Å². The number of aryl methyl sites for hydroxylation is 2. The van der Waals surface area contributed by atoms with Gasteiger partial charge in [0.25, 0.3) is 5.56 Å². The molecule has 3 aliphatic rings. The molecule has 0 aromatic carbocycles. The summed E-state index contributed by atoms with van der Waals surface area (Å²) in [7, 11) is 0. The average Bonchev–Trinajstić information content (AvgIpc) is 3.47. The second-order valence-corrected chi connectivity index (χ2v) is 9.66. The first-order valence-electron chi connectivity index (χ1n) is 12.2. The summed E-state index contributed by atoms with van der Waals surface area (Å²) in [4.78, 5) is 38.0. The highest BCUT2D eigenvalue weighted by Crippen LogP contribution is 2.29. The van der Waals surface area contributed by atoms with E-state index in [0.29, 0.717) is 25.6 Å². The van der Waals surface area contributed by atoms with Crippen LogP contribution in [0.2, 0.25) is 0 Å². The number of rotatable bonds is 5. The Hall–Kier alpha value is -2.48. The summed E-state index contributed by atoms with van der Waals surface area (Å²) < 4.78 is 1.87. The normalized spacial score (nSPS) is 22.3. The van der Waals surface area contributed by atoms with Gasteiger partial charge in [0, 0.05) is 68.6 Å². The van der Waals surface area contributed by atoms with Crippen molar-refractivity contribution in [2.75, 3.05) is 19.6 Å². The van der Waals surface area contributed by atoms with Gasteiger partial charge in [-0.05, 0) is 38.7 Å². The van der Waals surface area contributed by atoms with Crippen LogP contribution in [0, 0.1) is 6.92 Å². The van der Waals surface area contributed by atoms with Crippen molar-refractivity contribution in [1.82, 2.24) is 29.5 Å². The van der Waals surface area contributed by atoms with Crippen molar-refractivity contribution in [3.05, 3.63) is 45.4 Å². The lowest BCUT2D eigenvalue weighted by atomic mass is 9.92. The van der Waals surface area contributed by atoms with Gasteiger partial charge in [-0.25, -0.2) is 4.98 Å². The Morgan fingerprint density at radius 2 is 2.03 bits per heavy atom. The van der Waals surface area contributed by atoms with Crippen LogP contribution >= 0.6 is 0 Å². The lowest BCUT2D eigenvalue weighted by Gasteiger charge is -2.37. The number of likely N-dealkylation sites (tertiary alicyclic amines) is 1.